The van der Waals surface area contributed by atoms with Gasteiger partial charge in [0.2, 0.25) is 5.91 Å². The largest absolute Gasteiger partial charge is 0.341 e. The molecule has 188 valence electrons. The van der Waals surface area contributed by atoms with Crippen LogP contribution in [0.25, 0.3) is 11.1 Å². The molecule has 2 amide bonds. The lowest BCUT2D eigenvalue weighted by molar-refractivity contribution is -0.122. The number of hydrogen-bond acceptors (Lipinski definition) is 6. The second-order valence-electron chi connectivity index (χ2n) is 10.9. The van der Waals surface area contributed by atoms with Crippen molar-refractivity contribution in [2.45, 2.75) is 77.2 Å². The number of carbonyl (C=O) groups is 2. The molecule has 5 rings (SSSR count). The lowest BCUT2D eigenvalue weighted by Crippen LogP contribution is -2.29. The van der Waals surface area contributed by atoms with Gasteiger partial charge in [-0.15, -0.1) is 0 Å². The Morgan fingerprint density at radius 3 is 2.53 bits per heavy atom. The average molecular weight is 488 g/mol. The van der Waals surface area contributed by atoms with Crippen molar-refractivity contribution >= 4 is 17.6 Å². The van der Waals surface area contributed by atoms with E-state index in [-0.39, 0.29) is 35.1 Å². The molecule has 2 heterocycles. The number of aromatic nitrogens is 3. The van der Waals surface area contributed by atoms with Gasteiger partial charge in [-0.25, -0.2) is 4.98 Å². The maximum Gasteiger partial charge on any atom is 0.315 e. The van der Waals surface area contributed by atoms with Gasteiger partial charge in [0, 0.05) is 17.5 Å². The topological polar surface area (TPSA) is 110 Å². The highest BCUT2D eigenvalue weighted by Crippen LogP contribution is 2.33. The van der Waals surface area contributed by atoms with Gasteiger partial charge in [-0.2, -0.15) is 4.98 Å². The number of pyridine rings is 1. The number of hydrogen-bond donors (Lipinski definition) is 2. The van der Waals surface area contributed by atoms with Crippen molar-refractivity contribution in [1.82, 2.24) is 20.4 Å². The van der Waals surface area contributed by atoms with Gasteiger partial charge in [0.05, 0.1) is 6.04 Å². The quantitative estimate of drug-likeness (QED) is 0.469. The van der Waals surface area contributed by atoms with E-state index in [1.807, 2.05) is 32.9 Å². The first kappa shape index (κ1) is 24.2. The summed E-state index contributed by atoms with van der Waals surface area (Å²) in [6.07, 6.45) is 8.63. The second-order valence-corrected chi connectivity index (χ2v) is 10.9. The van der Waals surface area contributed by atoms with Gasteiger partial charge >= 0.3 is 11.8 Å². The zero-order valence-corrected chi connectivity index (χ0v) is 21.1. The van der Waals surface area contributed by atoms with E-state index in [1.54, 1.807) is 6.20 Å². The van der Waals surface area contributed by atoms with Gasteiger partial charge in [0.25, 0.3) is 0 Å². The van der Waals surface area contributed by atoms with Crippen LogP contribution in [-0.2, 0) is 16.6 Å². The molecule has 0 saturated heterocycles. The van der Waals surface area contributed by atoms with Gasteiger partial charge in [-0.1, -0.05) is 57.0 Å². The molecule has 0 bridgehead atoms. The summed E-state index contributed by atoms with van der Waals surface area (Å²) in [7, 11) is 0. The highest BCUT2D eigenvalue weighted by Gasteiger charge is 2.27. The molecule has 36 heavy (non-hydrogen) atoms. The fourth-order valence-electron chi connectivity index (χ4n) is 4.73. The Balaban J connectivity index is 1.34. The maximum atomic E-state index is 12.9. The third-order valence-electron chi connectivity index (χ3n) is 7.12. The summed E-state index contributed by atoms with van der Waals surface area (Å²) in [5, 5.41) is 10.1. The Morgan fingerprint density at radius 2 is 1.81 bits per heavy atom. The number of nitrogens with zero attached hydrogens (tertiary/aromatic N) is 3. The smallest absolute Gasteiger partial charge is 0.315 e. The molecular formula is C28H33N5O3. The van der Waals surface area contributed by atoms with Crippen molar-refractivity contribution in [2.75, 3.05) is 5.32 Å². The third-order valence-corrected chi connectivity index (χ3v) is 7.12. The maximum absolute atomic E-state index is 12.9. The summed E-state index contributed by atoms with van der Waals surface area (Å²) in [4.78, 5) is 33.9. The van der Waals surface area contributed by atoms with Crippen molar-refractivity contribution in [3.8, 4) is 11.1 Å². The summed E-state index contributed by atoms with van der Waals surface area (Å²) in [6.45, 7) is 5.94. The molecule has 2 aliphatic rings. The van der Waals surface area contributed by atoms with E-state index < -0.39 is 0 Å². The number of benzene rings is 1. The van der Waals surface area contributed by atoms with Gasteiger partial charge in [-0.3, -0.25) is 9.59 Å². The van der Waals surface area contributed by atoms with E-state index in [4.69, 9.17) is 4.52 Å². The first-order chi connectivity index (χ1) is 17.3. The fraction of sp³-hybridized carbons (Fsp3) is 0.464. The first-order valence-corrected chi connectivity index (χ1v) is 12.8. The minimum Gasteiger partial charge on any atom is -0.341 e. The van der Waals surface area contributed by atoms with Crippen molar-refractivity contribution in [2.24, 2.45) is 5.92 Å². The first-order valence-electron chi connectivity index (χ1n) is 12.8. The number of aryl methyl sites for hydroxylation is 1. The Kier molecular flexibility index (Phi) is 6.60. The number of rotatable bonds is 5. The summed E-state index contributed by atoms with van der Waals surface area (Å²) < 4.78 is 5.25. The zero-order valence-electron chi connectivity index (χ0n) is 21.1. The SMILES string of the molecule is CC(C)(C)c1noc(C(=O)N[C@@H]2CCCCc3cc(-c4ccnc(NC(=O)C5CCC5)c4)ccc32)n1. The van der Waals surface area contributed by atoms with Crippen LogP contribution in [0.2, 0.25) is 0 Å². The van der Waals surface area contributed by atoms with Gasteiger partial charge in [0.15, 0.2) is 5.82 Å². The number of nitrogens with one attached hydrogen (secondary N) is 2. The molecule has 8 nitrogen and oxygen atoms in total. The van der Waals surface area contributed by atoms with Crippen LogP contribution in [0.1, 0.15) is 93.0 Å². The van der Waals surface area contributed by atoms with Crippen molar-refractivity contribution in [1.29, 1.82) is 0 Å². The monoisotopic (exact) mass is 487 g/mol. The Bertz CT molecular complexity index is 1270. The number of carbonyl (C=O) groups excluding carboxylic acids is 2. The molecule has 8 heteroatoms. The molecule has 1 saturated carbocycles. The van der Waals surface area contributed by atoms with E-state index in [0.717, 1.165) is 61.6 Å². The summed E-state index contributed by atoms with van der Waals surface area (Å²) in [6, 6.07) is 10.1. The zero-order chi connectivity index (χ0) is 25.3. The molecule has 1 fully saturated rings. The standard InChI is InChI=1S/C28H33N5O3/c1-28(2,3)27-32-26(36-33-27)25(35)30-22-10-5-4-7-20-15-18(11-12-21(20)22)19-13-14-29-23(16-19)31-24(34)17-8-6-9-17/h11-17,22H,4-10H2,1-3H3,(H,30,35)(H,29,31,34)/t22-/m1/s1. The van der Waals surface area contributed by atoms with Crippen LogP contribution in [0.3, 0.4) is 0 Å². The van der Waals surface area contributed by atoms with Crippen LogP contribution in [0.4, 0.5) is 5.82 Å². The predicted molar refractivity (Wildman–Crippen MR) is 136 cm³/mol. The molecule has 3 aromatic rings. The highest BCUT2D eigenvalue weighted by molar-refractivity contribution is 5.92. The van der Waals surface area contributed by atoms with Crippen LogP contribution in [0.5, 0.6) is 0 Å². The second kappa shape index (κ2) is 9.84. The summed E-state index contributed by atoms with van der Waals surface area (Å²) >= 11 is 0. The van der Waals surface area contributed by atoms with Gasteiger partial charge in [-0.05, 0) is 66.5 Å². The minimum absolute atomic E-state index is 0.00407. The lowest BCUT2D eigenvalue weighted by Gasteiger charge is -2.23. The Morgan fingerprint density at radius 1 is 1.00 bits per heavy atom. The average Bonchev–Trinajstić information content (AvgIpc) is 3.23. The lowest BCUT2D eigenvalue weighted by atomic mass is 9.85. The summed E-state index contributed by atoms with van der Waals surface area (Å²) in [5.74, 6) is 0.916. The molecule has 2 N–H and O–H groups in total. The molecule has 0 unspecified atom stereocenters. The van der Waals surface area contributed by atoms with Crippen molar-refractivity contribution < 1.29 is 14.1 Å². The molecule has 2 aliphatic carbocycles. The van der Waals surface area contributed by atoms with E-state index in [1.165, 1.54) is 5.56 Å². The van der Waals surface area contributed by atoms with Crippen LogP contribution >= 0.6 is 0 Å². The Labute approximate surface area is 211 Å². The van der Waals surface area contributed by atoms with E-state index in [9.17, 15) is 9.59 Å². The number of amides is 2. The van der Waals surface area contributed by atoms with E-state index in [0.29, 0.717) is 11.6 Å². The molecule has 0 radical (unpaired) electrons. The molecule has 1 atom stereocenters. The number of fused-ring (bicyclic) bond motifs is 1. The normalized spacial score (nSPS) is 18.0. The van der Waals surface area contributed by atoms with E-state index >= 15 is 0 Å². The summed E-state index contributed by atoms with van der Waals surface area (Å²) in [5.41, 5.74) is 4.11. The van der Waals surface area contributed by atoms with Crippen LogP contribution in [0.15, 0.2) is 41.1 Å². The van der Waals surface area contributed by atoms with Gasteiger partial charge < -0.3 is 15.2 Å². The van der Waals surface area contributed by atoms with Crippen molar-refractivity contribution in [3.63, 3.8) is 0 Å². The Hall–Kier alpha value is -3.55. The molecule has 1 aromatic carbocycles. The van der Waals surface area contributed by atoms with Crippen LogP contribution in [0, 0.1) is 5.92 Å². The highest BCUT2D eigenvalue weighted by atomic mass is 16.5. The third kappa shape index (κ3) is 5.17. The van der Waals surface area contributed by atoms with E-state index in [2.05, 4.69) is 44.0 Å². The minimum atomic E-state index is -0.346. The molecule has 0 spiro atoms. The van der Waals surface area contributed by atoms with Gasteiger partial charge in [0.1, 0.15) is 5.82 Å². The van der Waals surface area contributed by atoms with Crippen LogP contribution < -0.4 is 10.6 Å². The predicted octanol–water partition coefficient (Wildman–Crippen LogP) is 5.37. The fourth-order valence-corrected chi connectivity index (χ4v) is 4.73. The molecular weight excluding hydrogens is 454 g/mol. The van der Waals surface area contributed by atoms with Crippen LogP contribution in [-0.4, -0.2) is 26.9 Å². The van der Waals surface area contributed by atoms with Crippen molar-refractivity contribution in [3.05, 3.63) is 59.4 Å². The molecule has 0 aliphatic heterocycles. The number of anilines is 1. The molecule has 2 aromatic heterocycles.